The average Bonchev–Trinajstić information content (AvgIpc) is 3.09. The Morgan fingerprint density at radius 3 is 2.19 bits per heavy atom. The second-order valence-electron chi connectivity index (χ2n) is 7.76. The molecule has 0 aliphatic heterocycles. The molecule has 2 aromatic rings. The van der Waals surface area contributed by atoms with Crippen LogP contribution in [0, 0.1) is 0 Å². The van der Waals surface area contributed by atoms with Crippen LogP contribution in [0.25, 0.3) is 11.1 Å². The van der Waals surface area contributed by atoms with E-state index in [-0.39, 0.29) is 12.5 Å². The number of carbonyl (C=O) groups is 2. The first-order valence-electron chi connectivity index (χ1n) is 10.9. The number of ether oxygens (including phenoxy) is 3. The van der Waals surface area contributed by atoms with Gasteiger partial charge in [-0.3, -0.25) is 0 Å². The van der Waals surface area contributed by atoms with Crippen LogP contribution in [-0.4, -0.2) is 25.0 Å². The van der Waals surface area contributed by atoms with Crippen molar-refractivity contribution in [3.8, 4) is 11.1 Å². The fourth-order valence-electron chi connectivity index (χ4n) is 3.82. The molecular weight excluding hydrogens is 392 g/mol. The largest absolute Gasteiger partial charge is 0.511 e. The summed E-state index contributed by atoms with van der Waals surface area (Å²) in [6.07, 6.45) is 4.10. The van der Waals surface area contributed by atoms with Gasteiger partial charge in [0, 0.05) is 18.4 Å². The van der Waals surface area contributed by atoms with Gasteiger partial charge in [-0.1, -0.05) is 74.4 Å². The van der Waals surface area contributed by atoms with Gasteiger partial charge in [-0.05, 0) is 42.0 Å². The van der Waals surface area contributed by atoms with Crippen LogP contribution in [0.2, 0.25) is 0 Å². The zero-order valence-electron chi connectivity index (χ0n) is 18.4. The zero-order valence-corrected chi connectivity index (χ0v) is 18.4. The molecule has 0 fully saturated rings. The Morgan fingerprint density at radius 1 is 0.968 bits per heavy atom. The fraction of sp³-hybridized carbons (Fsp3) is 0.385. The minimum atomic E-state index is -1.03. The second kappa shape index (κ2) is 10.8. The van der Waals surface area contributed by atoms with E-state index in [4.69, 9.17) is 14.2 Å². The first-order chi connectivity index (χ1) is 15.0. The Labute approximate surface area is 184 Å². The summed E-state index contributed by atoms with van der Waals surface area (Å²) in [6, 6.07) is 16.2. The number of unbranched alkanes of at least 4 members (excludes halogenated alkanes) is 3. The van der Waals surface area contributed by atoms with E-state index in [1.54, 1.807) is 6.92 Å². The SMILES string of the molecule is CCCCCC=C(C)C(=O)OC(C)OC(=O)OCC1c2ccccc2-c2ccccc21. The smallest absolute Gasteiger partial charge is 0.433 e. The van der Waals surface area contributed by atoms with Crippen LogP contribution in [0.5, 0.6) is 0 Å². The Hall–Kier alpha value is -3.08. The Morgan fingerprint density at radius 2 is 1.58 bits per heavy atom. The van der Waals surface area contributed by atoms with Crippen LogP contribution < -0.4 is 0 Å². The van der Waals surface area contributed by atoms with Gasteiger partial charge in [0.15, 0.2) is 0 Å². The summed E-state index contributed by atoms with van der Waals surface area (Å²) in [7, 11) is 0. The van der Waals surface area contributed by atoms with E-state index in [2.05, 4.69) is 31.2 Å². The molecule has 1 aliphatic rings. The summed E-state index contributed by atoms with van der Waals surface area (Å²) in [5.74, 6) is -0.540. The molecule has 0 spiro atoms. The first-order valence-corrected chi connectivity index (χ1v) is 10.9. The van der Waals surface area contributed by atoms with Crippen molar-refractivity contribution < 1.29 is 23.8 Å². The minimum Gasteiger partial charge on any atom is -0.433 e. The molecule has 0 radical (unpaired) electrons. The predicted molar refractivity (Wildman–Crippen MR) is 120 cm³/mol. The third kappa shape index (κ3) is 5.75. The van der Waals surface area contributed by atoms with E-state index in [0.29, 0.717) is 5.57 Å². The second-order valence-corrected chi connectivity index (χ2v) is 7.76. The number of fused-ring (bicyclic) bond motifs is 3. The number of hydrogen-bond acceptors (Lipinski definition) is 5. The van der Waals surface area contributed by atoms with Crippen LogP contribution in [0.4, 0.5) is 4.79 Å². The molecule has 0 amide bonds. The topological polar surface area (TPSA) is 61.8 Å². The number of esters is 1. The monoisotopic (exact) mass is 422 g/mol. The lowest BCUT2D eigenvalue weighted by atomic mass is 9.98. The van der Waals surface area contributed by atoms with Gasteiger partial charge in [0.2, 0.25) is 6.29 Å². The Bertz CT molecular complexity index is 901. The fourth-order valence-corrected chi connectivity index (χ4v) is 3.82. The Balaban J connectivity index is 1.51. The Kier molecular flexibility index (Phi) is 7.88. The minimum absolute atomic E-state index is 0.0499. The van der Waals surface area contributed by atoms with Crippen molar-refractivity contribution in [3.05, 3.63) is 71.3 Å². The molecule has 5 nitrogen and oxygen atoms in total. The highest BCUT2D eigenvalue weighted by molar-refractivity contribution is 5.87. The molecule has 31 heavy (non-hydrogen) atoms. The van der Waals surface area contributed by atoms with Gasteiger partial charge in [-0.15, -0.1) is 0 Å². The molecule has 1 unspecified atom stereocenters. The van der Waals surface area contributed by atoms with Crippen molar-refractivity contribution in [1.29, 1.82) is 0 Å². The van der Waals surface area contributed by atoms with Gasteiger partial charge >= 0.3 is 12.1 Å². The lowest BCUT2D eigenvalue weighted by Gasteiger charge is -2.17. The van der Waals surface area contributed by atoms with Crippen LogP contribution in [0.1, 0.15) is 63.5 Å². The summed E-state index contributed by atoms with van der Waals surface area (Å²) >= 11 is 0. The van der Waals surface area contributed by atoms with Gasteiger partial charge in [-0.2, -0.15) is 0 Å². The van der Waals surface area contributed by atoms with Crippen molar-refractivity contribution >= 4 is 12.1 Å². The van der Waals surface area contributed by atoms with Crippen molar-refractivity contribution in [1.82, 2.24) is 0 Å². The molecule has 0 saturated carbocycles. The number of benzene rings is 2. The standard InChI is InChI=1S/C26H30O5/c1-4-5-6-7-12-18(2)25(27)30-19(3)31-26(28)29-17-24-22-15-10-8-13-20(22)21-14-9-11-16-23(21)24/h8-16,19,24H,4-7,17H2,1-3H3. The van der Waals surface area contributed by atoms with Gasteiger partial charge in [0.05, 0.1) is 0 Å². The molecule has 2 aromatic carbocycles. The molecule has 3 rings (SSSR count). The molecule has 0 N–H and O–H groups in total. The van der Waals surface area contributed by atoms with Crippen LogP contribution >= 0.6 is 0 Å². The van der Waals surface area contributed by atoms with Crippen molar-refractivity contribution in [2.45, 2.75) is 58.7 Å². The summed E-state index contributed by atoms with van der Waals surface area (Å²) in [4.78, 5) is 24.3. The van der Waals surface area contributed by atoms with Crippen LogP contribution in [0.3, 0.4) is 0 Å². The molecule has 1 atom stereocenters. The maximum Gasteiger partial charge on any atom is 0.511 e. The third-order valence-corrected chi connectivity index (χ3v) is 5.45. The highest BCUT2D eigenvalue weighted by Crippen LogP contribution is 2.44. The molecule has 164 valence electrons. The highest BCUT2D eigenvalue weighted by Gasteiger charge is 2.29. The molecule has 1 aliphatic carbocycles. The molecular formula is C26H30O5. The van der Waals surface area contributed by atoms with Crippen molar-refractivity contribution in [2.75, 3.05) is 6.61 Å². The lowest BCUT2D eigenvalue weighted by molar-refractivity contribution is -0.163. The molecule has 5 heteroatoms. The number of carbonyl (C=O) groups excluding carboxylic acids is 2. The summed E-state index contributed by atoms with van der Waals surface area (Å²) in [5, 5.41) is 0. The van der Waals surface area contributed by atoms with Crippen LogP contribution in [-0.2, 0) is 19.0 Å². The molecule has 0 aromatic heterocycles. The van der Waals surface area contributed by atoms with Gasteiger partial charge in [0.25, 0.3) is 0 Å². The summed E-state index contributed by atoms with van der Waals surface area (Å²) < 4.78 is 15.7. The maximum absolute atomic E-state index is 12.2. The van der Waals surface area contributed by atoms with E-state index in [0.717, 1.165) is 47.9 Å². The molecule has 0 saturated heterocycles. The number of rotatable bonds is 9. The summed E-state index contributed by atoms with van der Waals surface area (Å²) in [6.45, 7) is 5.50. The highest BCUT2D eigenvalue weighted by atomic mass is 16.8. The summed E-state index contributed by atoms with van der Waals surface area (Å²) in [5.41, 5.74) is 5.07. The van der Waals surface area contributed by atoms with Gasteiger partial charge in [0.1, 0.15) is 6.61 Å². The van der Waals surface area contributed by atoms with E-state index >= 15 is 0 Å². The van der Waals surface area contributed by atoms with E-state index in [9.17, 15) is 9.59 Å². The average molecular weight is 423 g/mol. The third-order valence-electron chi connectivity index (χ3n) is 5.45. The first kappa shape index (κ1) is 22.6. The zero-order chi connectivity index (χ0) is 22.2. The van der Waals surface area contributed by atoms with Crippen molar-refractivity contribution in [2.24, 2.45) is 0 Å². The lowest BCUT2D eigenvalue weighted by Crippen LogP contribution is -2.23. The normalized spacial score (nSPS) is 13.8. The molecule has 0 bridgehead atoms. The van der Waals surface area contributed by atoms with Crippen molar-refractivity contribution in [3.63, 3.8) is 0 Å². The van der Waals surface area contributed by atoms with Gasteiger partial charge in [-0.25, -0.2) is 9.59 Å². The number of hydrogen-bond donors (Lipinski definition) is 0. The van der Waals surface area contributed by atoms with E-state index < -0.39 is 18.4 Å². The quantitative estimate of drug-likeness (QED) is 0.203. The van der Waals surface area contributed by atoms with E-state index in [1.165, 1.54) is 6.92 Å². The van der Waals surface area contributed by atoms with Crippen LogP contribution in [0.15, 0.2) is 60.2 Å². The maximum atomic E-state index is 12.2. The molecule has 0 heterocycles. The van der Waals surface area contributed by atoms with E-state index in [1.807, 2.05) is 30.3 Å². The van der Waals surface area contributed by atoms with Gasteiger partial charge < -0.3 is 14.2 Å². The predicted octanol–water partition coefficient (Wildman–Crippen LogP) is 6.37. The number of allylic oxidation sites excluding steroid dienone is 1.